The van der Waals surface area contributed by atoms with E-state index in [9.17, 15) is 0 Å². The lowest BCUT2D eigenvalue weighted by Crippen LogP contribution is -2.42. The van der Waals surface area contributed by atoms with Crippen LogP contribution in [0, 0.1) is 0 Å². The maximum atomic E-state index is 5.38. The largest absolute Gasteiger partial charge is 0.493 e. The fourth-order valence-electron chi connectivity index (χ4n) is 3.59. The summed E-state index contributed by atoms with van der Waals surface area (Å²) in [6, 6.07) is 17.6. The molecule has 0 bridgehead atoms. The van der Waals surface area contributed by atoms with E-state index >= 15 is 0 Å². The van der Waals surface area contributed by atoms with Gasteiger partial charge in [0.15, 0.2) is 11.5 Å². The number of hydrogen-bond acceptors (Lipinski definition) is 4. The zero-order valence-corrected chi connectivity index (χ0v) is 17.1. The van der Waals surface area contributed by atoms with Crippen LogP contribution in [0.15, 0.2) is 48.5 Å². The van der Waals surface area contributed by atoms with Crippen molar-refractivity contribution in [2.75, 3.05) is 33.9 Å². The molecule has 1 N–H and O–H groups in total. The summed E-state index contributed by atoms with van der Waals surface area (Å²) >= 11 is 0. The zero-order chi connectivity index (χ0) is 18.2. The van der Waals surface area contributed by atoms with Gasteiger partial charge < -0.3 is 14.8 Å². The fourth-order valence-corrected chi connectivity index (χ4v) is 3.59. The van der Waals surface area contributed by atoms with Crippen LogP contribution in [0.25, 0.3) is 0 Å². The van der Waals surface area contributed by atoms with E-state index in [-0.39, 0.29) is 12.4 Å². The van der Waals surface area contributed by atoms with Gasteiger partial charge in [0.1, 0.15) is 0 Å². The Morgan fingerprint density at radius 1 is 0.926 bits per heavy atom. The highest BCUT2D eigenvalue weighted by Crippen LogP contribution is 2.27. The van der Waals surface area contributed by atoms with Crippen LogP contribution in [0.4, 0.5) is 0 Å². The average molecular weight is 391 g/mol. The number of halogens is 1. The first-order chi connectivity index (χ1) is 12.8. The normalized spacial score (nSPS) is 15.2. The summed E-state index contributed by atoms with van der Waals surface area (Å²) in [6.45, 7) is 4.41. The quantitative estimate of drug-likeness (QED) is 0.740. The first-order valence-electron chi connectivity index (χ1n) is 9.49. The molecule has 1 fully saturated rings. The van der Waals surface area contributed by atoms with Crippen molar-refractivity contribution >= 4 is 12.4 Å². The van der Waals surface area contributed by atoms with Crippen molar-refractivity contribution in [1.29, 1.82) is 0 Å². The Bertz CT molecular complexity index is 673. The van der Waals surface area contributed by atoms with Gasteiger partial charge in [-0.15, -0.1) is 12.4 Å². The molecule has 1 saturated heterocycles. The highest BCUT2D eigenvalue weighted by Gasteiger charge is 2.18. The van der Waals surface area contributed by atoms with Crippen molar-refractivity contribution in [3.05, 3.63) is 59.7 Å². The molecular weight excluding hydrogens is 360 g/mol. The number of likely N-dealkylation sites (tertiary alicyclic amines) is 1. The van der Waals surface area contributed by atoms with Crippen molar-refractivity contribution in [2.24, 2.45) is 0 Å². The van der Waals surface area contributed by atoms with Crippen molar-refractivity contribution in [1.82, 2.24) is 10.2 Å². The van der Waals surface area contributed by atoms with E-state index in [0.29, 0.717) is 6.04 Å². The van der Waals surface area contributed by atoms with Gasteiger partial charge in [-0.2, -0.15) is 0 Å². The molecule has 0 amide bonds. The van der Waals surface area contributed by atoms with Gasteiger partial charge in [-0.3, -0.25) is 4.90 Å². The van der Waals surface area contributed by atoms with Gasteiger partial charge in [0.05, 0.1) is 14.2 Å². The summed E-state index contributed by atoms with van der Waals surface area (Å²) in [5.74, 6) is 1.59. The lowest BCUT2D eigenvalue weighted by Gasteiger charge is -2.32. The molecule has 148 valence electrons. The van der Waals surface area contributed by atoms with Crippen LogP contribution in [-0.4, -0.2) is 44.8 Å². The molecule has 5 heteroatoms. The standard InChI is InChI=1S/C22H30N2O2.ClH/c1-25-21-9-8-18(16-22(21)26-2)10-13-23-20-11-14-24(15-12-20)17-19-6-4-3-5-7-19;/h3-9,16,20,23H,10-15,17H2,1-2H3;1H. The summed E-state index contributed by atoms with van der Waals surface area (Å²) in [6.07, 6.45) is 3.45. The number of benzene rings is 2. The second kappa shape index (κ2) is 11.2. The molecule has 27 heavy (non-hydrogen) atoms. The molecule has 0 aromatic heterocycles. The molecule has 2 aromatic rings. The summed E-state index contributed by atoms with van der Waals surface area (Å²) in [5, 5.41) is 3.72. The Balaban J connectivity index is 0.00000261. The lowest BCUT2D eigenvalue weighted by atomic mass is 10.0. The molecule has 0 spiro atoms. The maximum Gasteiger partial charge on any atom is 0.160 e. The molecule has 1 aliphatic rings. The van der Waals surface area contributed by atoms with Crippen LogP contribution in [0.2, 0.25) is 0 Å². The molecule has 3 rings (SSSR count). The number of nitrogens with one attached hydrogen (secondary N) is 1. The first-order valence-corrected chi connectivity index (χ1v) is 9.49. The summed E-state index contributed by atoms with van der Waals surface area (Å²) in [5.41, 5.74) is 2.68. The van der Waals surface area contributed by atoms with Crippen molar-refractivity contribution in [3.8, 4) is 11.5 Å². The number of ether oxygens (including phenoxy) is 2. The Morgan fingerprint density at radius 3 is 2.30 bits per heavy atom. The van der Waals surface area contributed by atoms with E-state index in [1.807, 2.05) is 6.07 Å². The topological polar surface area (TPSA) is 33.7 Å². The summed E-state index contributed by atoms with van der Waals surface area (Å²) in [7, 11) is 3.35. The van der Waals surface area contributed by atoms with Crippen molar-refractivity contribution in [3.63, 3.8) is 0 Å². The smallest absolute Gasteiger partial charge is 0.160 e. The number of methoxy groups -OCH3 is 2. The maximum absolute atomic E-state index is 5.38. The third-order valence-electron chi connectivity index (χ3n) is 5.13. The van der Waals surface area contributed by atoms with Gasteiger partial charge in [-0.1, -0.05) is 36.4 Å². The molecule has 2 aromatic carbocycles. The zero-order valence-electron chi connectivity index (χ0n) is 16.3. The first kappa shape index (κ1) is 21.5. The van der Waals surface area contributed by atoms with Crippen LogP contribution < -0.4 is 14.8 Å². The van der Waals surface area contributed by atoms with Gasteiger partial charge >= 0.3 is 0 Å². The third-order valence-corrected chi connectivity index (χ3v) is 5.13. The molecule has 0 aliphatic carbocycles. The molecule has 0 unspecified atom stereocenters. The minimum atomic E-state index is 0. The fraction of sp³-hybridized carbons (Fsp3) is 0.455. The van der Waals surface area contributed by atoms with Gasteiger partial charge in [0, 0.05) is 12.6 Å². The van der Waals surface area contributed by atoms with E-state index in [1.54, 1.807) is 14.2 Å². The Hall–Kier alpha value is -1.75. The summed E-state index contributed by atoms with van der Waals surface area (Å²) in [4.78, 5) is 2.56. The van der Waals surface area contributed by atoms with E-state index < -0.39 is 0 Å². The third kappa shape index (κ3) is 6.42. The highest BCUT2D eigenvalue weighted by atomic mass is 35.5. The minimum absolute atomic E-state index is 0. The Labute approximate surface area is 169 Å². The van der Waals surface area contributed by atoms with E-state index in [0.717, 1.165) is 31.0 Å². The van der Waals surface area contributed by atoms with Gasteiger partial charge in [-0.25, -0.2) is 0 Å². The van der Waals surface area contributed by atoms with Crippen LogP contribution in [-0.2, 0) is 13.0 Å². The number of nitrogens with zero attached hydrogens (tertiary/aromatic N) is 1. The van der Waals surface area contributed by atoms with E-state index in [1.165, 1.54) is 37.1 Å². The average Bonchev–Trinajstić information content (AvgIpc) is 2.70. The predicted octanol–water partition coefficient (Wildman–Crippen LogP) is 3.92. The number of hydrogen-bond donors (Lipinski definition) is 1. The number of rotatable bonds is 8. The molecule has 1 heterocycles. The highest BCUT2D eigenvalue weighted by molar-refractivity contribution is 5.85. The SMILES string of the molecule is COc1ccc(CCNC2CCN(Cc3ccccc3)CC2)cc1OC.Cl. The summed E-state index contributed by atoms with van der Waals surface area (Å²) < 4.78 is 10.7. The Kier molecular flexibility index (Phi) is 8.92. The second-order valence-corrected chi connectivity index (χ2v) is 6.93. The minimum Gasteiger partial charge on any atom is -0.493 e. The monoisotopic (exact) mass is 390 g/mol. The molecule has 0 atom stereocenters. The molecule has 4 nitrogen and oxygen atoms in total. The van der Waals surface area contributed by atoms with Crippen LogP contribution in [0.5, 0.6) is 11.5 Å². The van der Waals surface area contributed by atoms with E-state index in [4.69, 9.17) is 9.47 Å². The lowest BCUT2D eigenvalue weighted by molar-refractivity contribution is 0.191. The second-order valence-electron chi connectivity index (χ2n) is 6.93. The van der Waals surface area contributed by atoms with Crippen LogP contribution >= 0.6 is 12.4 Å². The van der Waals surface area contributed by atoms with Crippen molar-refractivity contribution in [2.45, 2.75) is 31.8 Å². The van der Waals surface area contributed by atoms with Crippen molar-refractivity contribution < 1.29 is 9.47 Å². The van der Waals surface area contributed by atoms with Gasteiger partial charge in [-0.05, 0) is 62.2 Å². The molecule has 0 saturated carbocycles. The molecular formula is C22H31ClN2O2. The van der Waals surface area contributed by atoms with Crippen LogP contribution in [0.3, 0.4) is 0 Å². The van der Waals surface area contributed by atoms with Gasteiger partial charge in [0.2, 0.25) is 0 Å². The van der Waals surface area contributed by atoms with Crippen LogP contribution in [0.1, 0.15) is 24.0 Å². The predicted molar refractivity (Wildman–Crippen MR) is 113 cm³/mol. The Morgan fingerprint density at radius 2 is 1.63 bits per heavy atom. The van der Waals surface area contributed by atoms with E-state index in [2.05, 4.69) is 52.7 Å². The van der Waals surface area contributed by atoms with Gasteiger partial charge in [0.25, 0.3) is 0 Å². The number of piperidine rings is 1. The molecule has 1 aliphatic heterocycles. The molecule has 0 radical (unpaired) electrons.